The van der Waals surface area contributed by atoms with Crippen molar-refractivity contribution in [1.82, 2.24) is 10.3 Å². The quantitative estimate of drug-likeness (QED) is 0.452. The summed E-state index contributed by atoms with van der Waals surface area (Å²) < 4.78 is 28.0. The Morgan fingerprint density at radius 3 is 2.57 bits per heavy atom. The van der Waals surface area contributed by atoms with Gasteiger partial charge < -0.3 is 10.2 Å². The second-order valence-electron chi connectivity index (χ2n) is 7.97. The number of carbonyl (C=O) groups is 2. The molecule has 5 rings (SSSR count). The fraction of sp³-hybridized carbons (Fsp3) is 0.0741. The summed E-state index contributed by atoms with van der Waals surface area (Å²) in [6, 6.07) is 21.2. The summed E-state index contributed by atoms with van der Waals surface area (Å²) in [5.74, 6) is -1.22. The van der Waals surface area contributed by atoms with E-state index < -0.39 is 22.5 Å². The number of fused-ring (bicyclic) bond motifs is 2. The van der Waals surface area contributed by atoms with Gasteiger partial charge in [0, 0.05) is 30.1 Å². The number of aromatic nitrogens is 1. The number of nitrogens with zero attached hydrogens (tertiary/aromatic N) is 2. The van der Waals surface area contributed by atoms with Crippen LogP contribution in [0.5, 0.6) is 0 Å². The third-order valence-corrected chi connectivity index (χ3v) is 7.24. The number of hydrogen-bond acceptors (Lipinski definition) is 4. The Morgan fingerprint density at radius 1 is 0.971 bits per heavy atom. The number of hydrogen-bond donors (Lipinski definition) is 1. The molecule has 0 saturated heterocycles. The standard InChI is InChI=1S/C27H20FN3O3S/c28-22-9-3-1-7-20(22)17-31-23-14-19(26(32)30-16-18-6-5-13-29-15-18)11-12-25(23)35(34)24-10-4-2-8-21(24)27(31)33/h1-15H,16-17H2,(H,30,32). The van der Waals surface area contributed by atoms with Crippen molar-refractivity contribution >= 4 is 28.3 Å². The summed E-state index contributed by atoms with van der Waals surface area (Å²) in [5, 5.41) is 2.83. The van der Waals surface area contributed by atoms with Crippen LogP contribution >= 0.6 is 0 Å². The van der Waals surface area contributed by atoms with Gasteiger partial charge in [0.05, 0.1) is 38.4 Å². The van der Waals surface area contributed by atoms with Crippen molar-refractivity contribution in [3.05, 3.63) is 119 Å². The molecule has 0 radical (unpaired) electrons. The first-order chi connectivity index (χ1) is 17.0. The second-order valence-corrected chi connectivity index (χ2v) is 9.39. The van der Waals surface area contributed by atoms with E-state index in [0.29, 0.717) is 26.6 Å². The maximum atomic E-state index is 14.5. The van der Waals surface area contributed by atoms with Crippen molar-refractivity contribution in [2.24, 2.45) is 0 Å². The van der Waals surface area contributed by atoms with Crippen molar-refractivity contribution in [2.75, 3.05) is 4.90 Å². The number of amides is 2. The largest absolute Gasteiger partial charge is 0.348 e. The predicted molar refractivity (Wildman–Crippen MR) is 130 cm³/mol. The third-order valence-electron chi connectivity index (χ3n) is 5.74. The highest BCUT2D eigenvalue weighted by Gasteiger charge is 2.32. The van der Waals surface area contributed by atoms with Crippen LogP contribution < -0.4 is 10.2 Å². The molecule has 0 aliphatic carbocycles. The predicted octanol–water partition coefficient (Wildman–Crippen LogP) is 4.48. The van der Waals surface area contributed by atoms with Crippen LogP contribution in [0.1, 0.15) is 31.8 Å². The van der Waals surface area contributed by atoms with Crippen molar-refractivity contribution in [2.45, 2.75) is 22.9 Å². The molecule has 174 valence electrons. The lowest BCUT2D eigenvalue weighted by molar-refractivity contribution is 0.0947. The van der Waals surface area contributed by atoms with Crippen LogP contribution in [0.4, 0.5) is 10.1 Å². The number of benzene rings is 3. The number of rotatable bonds is 5. The van der Waals surface area contributed by atoms with Crippen LogP contribution in [0, 0.1) is 5.82 Å². The van der Waals surface area contributed by atoms with Gasteiger partial charge in [-0.25, -0.2) is 8.60 Å². The first-order valence-electron chi connectivity index (χ1n) is 10.9. The van der Waals surface area contributed by atoms with Crippen molar-refractivity contribution in [1.29, 1.82) is 0 Å². The van der Waals surface area contributed by atoms with E-state index in [0.717, 1.165) is 5.56 Å². The molecule has 3 aromatic carbocycles. The van der Waals surface area contributed by atoms with Gasteiger partial charge in [-0.1, -0.05) is 36.4 Å². The summed E-state index contributed by atoms with van der Waals surface area (Å²) in [5.41, 5.74) is 2.02. The van der Waals surface area contributed by atoms with Crippen LogP contribution in [0.2, 0.25) is 0 Å². The molecular weight excluding hydrogens is 465 g/mol. The summed E-state index contributed by atoms with van der Waals surface area (Å²) >= 11 is 0. The zero-order chi connectivity index (χ0) is 24.4. The van der Waals surface area contributed by atoms with E-state index in [1.54, 1.807) is 73.1 Å². The van der Waals surface area contributed by atoms with E-state index in [1.807, 2.05) is 6.07 Å². The molecule has 1 N–H and O–H groups in total. The van der Waals surface area contributed by atoms with Gasteiger partial charge in [0.2, 0.25) is 0 Å². The highest BCUT2D eigenvalue weighted by Crippen LogP contribution is 2.36. The van der Waals surface area contributed by atoms with Crippen LogP contribution in [0.25, 0.3) is 0 Å². The van der Waals surface area contributed by atoms with Gasteiger partial charge in [0.1, 0.15) is 5.82 Å². The minimum absolute atomic E-state index is 0.0786. The molecule has 35 heavy (non-hydrogen) atoms. The Morgan fingerprint density at radius 2 is 1.77 bits per heavy atom. The lowest BCUT2D eigenvalue weighted by Crippen LogP contribution is -2.31. The average Bonchev–Trinajstić information content (AvgIpc) is 2.98. The molecule has 1 atom stereocenters. The monoisotopic (exact) mass is 485 g/mol. The van der Waals surface area contributed by atoms with Crippen molar-refractivity contribution < 1.29 is 18.2 Å². The van der Waals surface area contributed by atoms with Gasteiger partial charge in [-0.2, -0.15) is 0 Å². The Hall–Kier alpha value is -4.17. The van der Waals surface area contributed by atoms with Crippen molar-refractivity contribution in [3.8, 4) is 0 Å². The van der Waals surface area contributed by atoms with Gasteiger partial charge in [0.15, 0.2) is 0 Å². The lowest BCUT2D eigenvalue weighted by atomic mass is 10.1. The fourth-order valence-corrected chi connectivity index (χ4v) is 5.29. The van der Waals surface area contributed by atoms with E-state index in [1.165, 1.54) is 17.0 Å². The van der Waals surface area contributed by atoms with E-state index in [4.69, 9.17) is 0 Å². The molecule has 8 heteroatoms. The molecule has 0 fully saturated rings. The van der Waals surface area contributed by atoms with Gasteiger partial charge in [-0.05, 0) is 48.0 Å². The molecule has 1 aromatic heterocycles. The zero-order valence-electron chi connectivity index (χ0n) is 18.5. The molecule has 0 bridgehead atoms. The van der Waals surface area contributed by atoms with E-state index >= 15 is 0 Å². The molecule has 0 saturated carbocycles. The smallest absolute Gasteiger partial charge is 0.259 e. The van der Waals surface area contributed by atoms with Gasteiger partial charge >= 0.3 is 0 Å². The molecule has 1 aliphatic heterocycles. The van der Waals surface area contributed by atoms with Crippen LogP contribution in [-0.4, -0.2) is 21.0 Å². The number of halogens is 1. The minimum Gasteiger partial charge on any atom is -0.348 e. The van der Waals surface area contributed by atoms with E-state index in [-0.39, 0.29) is 24.6 Å². The highest BCUT2D eigenvalue weighted by atomic mass is 32.2. The SMILES string of the molecule is O=C(NCc1cccnc1)c1ccc2c(c1)N(Cc1ccccc1F)C(=O)c1ccccc1S2=O. The molecule has 2 heterocycles. The second kappa shape index (κ2) is 9.60. The number of pyridine rings is 1. The average molecular weight is 486 g/mol. The Balaban J connectivity index is 1.56. The lowest BCUT2D eigenvalue weighted by Gasteiger charge is -2.24. The highest BCUT2D eigenvalue weighted by molar-refractivity contribution is 7.85. The number of nitrogens with one attached hydrogen (secondary N) is 1. The first-order valence-corrected chi connectivity index (χ1v) is 12.0. The molecule has 1 unspecified atom stereocenters. The van der Waals surface area contributed by atoms with Crippen molar-refractivity contribution in [3.63, 3.8) is 0 Å². The van der Waals surface area contributed by atoms with Crippen LogP contribution in [0.3, 0.4) is 0 Å². The summed E-state index contributed by atoms with van der Waals surface area (Å²) in [4.78, 5) is 32.7. The Labute approximate surface area is 203 Å². The Bertz CT molecular complexity index is 1460. The van der Waals surface area contributed by atoms with E-state index in [9.17, 15) is 18.2 Å². The normalized spacial score (nSPS) is 14.6. The van der Waals surface area contributed by atoms with Gasteiger partial charge in [-0.3, -0.25) is 14.6 Å². The number of carbonyl (C=O) groups excluding carboxylic acids is 2. The maximum Gasteiger partial charge on any atom is 0.259 e. The molecule has 4 aromatic rings. The van der Waals surface area contributed by atoms with Crippen LogP contribution in [0.15, 0.2) is 101 Å². The van der Waals surface area contributed by atoms with E-state index in [2.05, 4.69) is 10.3 Å². The summed E-state index contributed by atoms with van der Waals surface area (Å²) in [7, 11) is -1.66. The molecule has 1 aliphatic rings. The molecular formula is C27H20FN3O3S. The van der Waals surface area contributed by atoms with Gasteiger partial charge in [-0.15, -0.1) is 0 Å². The zero-order valence-corrected chi connectivity index (χ0v) is 19.3. The molecule has 2 amide bonds. The maximum absolute atomic E-state index is 14.5. The minimum atomic E-state index is -1.66. The third kappa shape index (κ3) is 4.48. The molecule has 6 nitrogen and oxygen atoms in total. The molecule has 0 spiro atoms. The Kier molecular flexibility index (Phi) is 6.20. The summed E-state index contributed by atoms with van der Waals surface area (Å²) in [6.07, 6.45) is 3.31. The van der Waals surface area contributed by atoms with Gasteiger partial charge in [0.25, 0.3) is 11.8 Å². The fourth-order valence-electron chi connectivity index (χ4n) is 3.95. The van der Waals surface area contributed by atoms with Crippen LogP contribution in [-0.2, 0) is 23.9 Å². The first kappa shape index (κ1) is 22.6. The topological polar surface area (TPSA) is 79.4 Å². The summed E-state index contributed by atoms with van der Waals surface area (Å²) in [6.45, 7) is 0.198. The number of anilines is 1.